The van der Waals surface area contributed by atoms with Crippen molar-refractivity contribution < 1.29 is 9.32 Å². The number of aromatic nitrogens is 2. The summed E-state index contributed by atoms with van der Waals surface area (Å²) in [6.45, 7) is 3.57. The maximum Gasteiger partial charge on any atom is 0.328 e. The maximum atomic E-state index is 12.0. The Morgan fingerprint density at radius 2 is 2.17 bits per heavy atom. The summed E-state index contributed by atoms with van der Waals surface area (Å²) in [7, 11) is 0. The molecule has 0 radical (unpaired) electrons. The van der Waals surface area contributed by atoms with E-state index >= 15 is 0 Å². The van der Waals surface area contributed by atoms with Gasteiger partial charge in [0.1, 0.15) is 0 Å². The first-order valence-corrected chi connectivity index (χ1v) is 5.29. The highest BCUT2D eigenvalue weighted by Gasteiger charge is 2.14. The summed E-state index contributed by atoms with van der Waals surface area (Å²) < 4.78 is 4.81. The van der Waals surface area contributed by atoms with Crippen LogP contribution in [0.1, 0.15) is 21.7 Å². The number of carbonyl (C=O) groups excluding carboxylic acids is 1. The molecule has 1 aromatic carbocycles. The van der Waals surface area contributed by atoms with Crippen LogP contribution in [0.5, 0.6) is 0 Å². The second-order valence-electron chi connectivity index (χ2n) is 3.79. The SMILES string of the molecule is Cc1ccc(C(=O)Nc2nc(C)no2)c(NN)c1. The third-order valence-electron chi connectivity index (χ3n) is 2.32. The van der Waals surface area contributed by atoms with Crippen LogP contribution in [-0.2, 0) is 0 Å². The number of nitrogens with zero attached hydrogens (tertiary/aromatic N) is 2. The average molecular weight is 247 g/mol. The van der Waals surface area contributed by atoms with Gasteiger partial charge in [-0.15, -0.1) is 0 Å². The minimum Gasteiger partial charge on any atom is -0.323 e. The van der Waals surface area contributed by atoms with Gasteiger partial charge in [-0.3, -0.25) is 16.0 Å². The Morgan fingerprint density at radius 3 is 2.78 bits per heavy atom. The summed E-state index contributed by atoms with van der Waals surface area (Å²) in [4.78, 5) is 15.9. The largest absolute Gasteiger partial charge is 0.328 e. The predicted octanol–water partition coefficient (Wildman–Crippen LogP) is 1.22. The van der Waals surface area contributed by atoms with E-state index in [0.29, 0.717) is 17.1 Å². The van der Waals surface area contributed by atoms with E-state index in [2.05, 4.69) is 20.9 Å². The minimum absolute atomic E-state index is 0.0565. The van der Waals surface area contributed by atoms with E-state index in [1.54, 1.807) is 19.1 Å². The first-order valence-electron chi connectivity index (χ1n) is 5.29. The quantitative estimate of drug-likeness (QED) is 0.556. The van der Waals surface area contributed by atoms with Crippen molar-refractivity contribution in [2.24, 2.45) is 5.84 Å². The van der Waals surface area contributed by atoms with Gasteiger partial charge in [0.15, 0.2) is 5.82 Å². The lowest BCUT2D eigenvalue weighted by Gasteiger charge is -2.08. The van der Waals surface area contributed by atoms with Gasteiger partial charge in [0.2, 0.25) is 0 Å². The van der Waals surface area contributed by atoms with Crippen LogP contribution in [0.15, 0.2) is 22.7 Å². The number of rotatable bonds is 3. The fourth-order valence-corrected chi connectivity index (χ4v) is 1.49. The van der Waals surface area contributed by atoms with Crippen molar-refractivity contribution in [2.75, 3.05) is 10.7 Å². The van der Waals surface area contributed by atoms with Crippen molar-refractivity contribution >= 4 is 17.6 Å². The number of amides is 1. The Balaban J connectivity index is 2.23. The van der Waals surface area contributed by atoms with Crippen LogP contribution in [0.4, 0.5) is 11.7 Å². The lowest BCUT2D eigenvalue weighted by Crippen LogP contribution is -2.17. The Morgan fingerprint density at radius 1 is 1.39 bits per heavy atom. The number of hydrogen-bond donors (Lipinski definition) is 3. The fourth-order valence-electron chi connectivity index (χ4n) is 1.49. The average Bonchev–Trinajstić information content (AvgIpc) is 2.74. The van der Waals surface area contributed by atoms with Gasteiger partial charge >= 0.3 is 6.01 Å². The van der Waals surface area contributed by atoms with E-state index in [-0.39, 0.29) is 11.9 Å². The van der Waals surface area contributed by atoms with Crippen molar-refractivity contribution in [1.82, 2.24) is 10.1 Å². The van der Waals surface area contributed by atoms with E-state index < -0.39 is 0 Å². The molecule has 1 heterocycles. The molecule has 94 valence electrons. The number of nitrogens with two attached hydrogens (primary N) is 1. The van der Waals surface area contributed by atoms with Crippen LogP contribution in [-0.4, -0.2) is 16.0 Å². The van der Waals surface area contributed by atoms with Crippen molar-refractivity contribution in [3.63, 3.8) is 0 Å². The zero-order chi connectivity index (χ0) is 13.1. The molecule has 0 unspecified atom stereocenters. The topological polar surface area (TPSA) is 106 Å². The van der Waals surface area contributed by atoms with Crippen LogP contribution in [0.25, 0.3) is 0 Å². The molecule has 0 saturated carbocycles. The van der Waals surface area contributed by atoms with Gasteiger partial charge in [0.05, 0.1) is 11.3 Å². The van der Waals surface area contributed by atoms with Crippen molar-refractivity contribution in [3.05, 3.63) is 35.2 Å². The highest BCUT2D eigenvalue weighted by molar-refractivity contribution is 6.07. The van der Waals surface area contributed by atoms with E-state index in [1.165, 1.54) is 0 Å². The van der Waals surface area contributed by atoms with Gasteiger partial charge in [0, 0.05) is 0 Å². The molecule has 0 atom stereocenters. The van der Waals surface area contributed by atoms with Gasteiger partial charge in [0.25, 0.3) is 5.91 Å². The van der Waals surface area contributed by atoms with Crippen LogP contribution in [0.2, 0.25) is 0 Å². The summed E-state index contributed by atoms with van der Waals surface area (Å²) in [5.41, 5.74) is 4.41. The van der Waals surface area contributed by atoms with Gasteiger partial charge in [-0.05, 0) is 31.5 Å². The van der Waals surface area contributed by atoms with Crippen molar-refractivity contribution in [2.45, 2.75) is 13.8 Å². The second kappa shape index (κ2) is 4.84. The Hall–Kier alpha value is -2.41. The first-order chi connectivity index (χ1) is 8.60. The summed E-state index contributed by atoms with van der Waals surface area (Å²) in [5.74, 6) is 5.45. The number of hydrogen-bond acceptors (Lipinski definition) is 6. The van der Waals surface area contributed by atoms with E-state index in [4.69, 9.17) is 10.4 Å². The predicted molar refractivity (Wildman–Crippen MR) is 66.0 cm³/mol. The van der Waals surface area contributed by atoms with Gasteiger partial charge in [-0.25, -0.2) is 0 Å². The van der Waals surface area contributed by atoms with E-state index in [9.17, 15) is 4.79 Å². The summed E-state index contributed by atoms with van der Waals surface area (Å²) in [6, 6.07) is 5.31. The molecular formula is C11H13N5O2. The fraction of sp³-hybridized carbons (Fsp3) is 0.182. The highest BCUT2D eigenvalue weighted by Crippen LogP contribution is 2.17. The molecule has 0 aliphatic heterocycles. The van der Waals surface area contributed by atoms with Crippen LogP contribution in [0.3, 0.4) is 0 Å². The van der Waals surface area contributed by atoms with Crippen molar-refractivity contribution in [3.8, 4) is 0 Å². The summed E-state index contributed by atoms with van der Waals surface area (Å²) in [5, 5.41) is 6.08. The zero-order valence-electron chi connectivity index (χ0n) is 10.0. The highest BCUT2D eigenvalue weighted by atomic mass is 16.5. The molecule has 2 rings (SSSR count). The molecular weight excluding hydrogens is 234 g/mol. The molecule has 1 aromatic heterocycles. The number of nitrogens with one attached hydrogen (secondary N) is 2. The van der Waals surface area contributed by atoms with Crippen molar-refractivity contribution in [1.29, 1.82) is 0 Å². The minimum atomic E-state index is -0.369. The smallest absolute Gasteiger partial charge is 0.323 e. The number of carbonyl (C=O) groups is 1. The molecule has 0 saturated heterocycles. The standard InChI is InChI=1S/C11H13N5O2/c1-6-3-4-8(9(5-6)15-12)10(17)14-11-13-7(2)16-18-11/h3-5,15H,12H2,1-2H3,(H,13,14,16,17). The molecule has 7 nitrogen and oxygen atoms in total. The molecule has 7 heteroatoms. The zero-order valence-corrected chi connectivity index (χ0v) is 10.0. The number of anilines is 2. The third-order valence-corrected chi connectivity index (χ3v) is 2.32. The second-order valence-corrected chi connectivity index (χ2v) is 3.79. The lowest BCUT2D eigenvalue weighted by molar-refractivity contribution is 0.102. The van der Waals surface area contributed by atoms with E-state index in [0.717, 1.165) is 5.56 Å². The Bertz CT molecular complexity index is 579. The van der Waals surface area contributed by atoms with Gasteiger partial charge in [-0.1, -0.05) is 11.2 Å². The normalized spacial score (nSPS) is 10.2. The summed E-state index contributed by atoms with van der Waals surface area (Å²) >= 11 is 0. The molecule has 1 amide bonds. The number of hydrazine groups is 1. The summed E-state index contributed by atoms with van der Waals surface area (Å²) in [6.07, 6.45) is 0. The number of benzene rings is 1. The molecule has 0 aliphatic carbocycles. The van der Waals surface area contributed by atoms with Crippen LogP contribution < -0.4 is 16.6 Å². The number of nitrogen functional groups attached to an aromatic ring is 1. The third kappa shape index (κ3) is 2.46. The molecule has 18 heavy (non-hydrogen) atoms. The molecule has 0 bridgehead atoms. The number of aryl methyl sites for hydroxylation is 2. The maximum absolute atomic E-state index is 12.0. The molecule has 0 spiro atoms. The van der Waals surface area contributed by atoms with Gasteiger partial charge in [-0.2, -0.15) is 4.98 Å². The van der Waals surface area contributed by atoms with Gasteiger partial charge < -0.3 is 9.95 Å². The first kappa shape index (κ1) is 12.1. The van der Waals surface area contributed by atoms with E-state index in [1.807, 2.05) is 13.0 Å². The lowest BCUT2D eigenvalue weighted by atomic mass is 10.1. The monoisotopic (exact) mass is 247 g/mol. The van der Waals surface area contributed by atoms with Crippen LogP contribution >= 0.6 is 0 Å². The Kier molecular flexibility index (Phi) is 3.24. The molecule has 2 aromatic rings. The Labute approximate surface area is 103 Å². The molecule has 0 fully saturated rings. The van der Waals surface area contributed by atoms with Crippen LogP contribution in [0, 0.1) is 13.8 Å². The molecule has 4 N–H and O–H groups in total. The molecule has 0 aliphatic rings.